The Bertz CT molecular complexity index is 415. The van der Waals surface area contributed by atoms with Gasteiger partial charge in [0, 0.05) is 7.05 Å². The van der Waals surface area contributed by atoms with Gasteiger partial charge in [-0.15, -0.1) is 0 Å². The number of nitrogens with zero attached hydrogens (tertiary/aromatic N) is 2. The van der Waals surface area contributed by atoms with Crippen LogP contribution in [0.15, 0.2) is 6.20 Å². The van der Waals surface area contributed by atoms with E-state index >= 15 is 0 Å². The summed E-state index contributed by atoms with van der Waals surface area (Å²) >= 11 is 0. The number of aryl methyl sites for hydroxylation is 1. The first-order chi connectivity index (χ1) is 8.35. The first-order valence-corrected chi connectivity index (χ1v) is 5.17. The predicted molar refractivity (Wildman–Crippen MR) is 54.9 cm³/mol. The van der Waals surface area contributed by atoms with Gasteiger partial charge < -0.3 is 9.47 Å². The minimum Gasteiger partial charge on any atom is -0.462 e. The van der Waals surface area contributed by atoms with Crippen molar-refractivity contribution in [3.05, 3.63) is 17.5 Å². The number of aromatic nitrogens is 2. The van der Waals surface area contributed by atoms with Crippen molar-refractivity contribution in [3.63, 3.8) is 0 Å². The van der Waals surface area contributed by atoms with E-state index in [1.807, 2.05) is 0 Å². The highest BCUT2D eigenvalue weighted by Gasteiger charge is 2.28. The van der Waals surface area contributed by atoms with Crippen LogP contribution in [-0.2, 0) is 23.1 Å². The molecule has 1 heterocycles. The average Bonchev–Trinajstić information content (AvgIpc) is 2.59. The molecule has 1 rings (SSSR count). The molecule has 0 unspecified atom stereocenters. The standard InChI is InChI=1S/C10H13F3N2O3/c1-3-18-9(16)7-4-14-15(2)8(7)5-17-6-10(11,12)13/h4H,3,5-6H2,1-2H3. The van der Waals surface area contributed by atoms with Crippen LogP contribution in [0.5, 0.6) is 0 Å². The maximum atomic E-state index is 11.9. The first kappa shape index (κ1) is 14.5. The largest absolute Gasteiger partial charge is 0.462 e. The van der Waals surface area contributed by atoms with E-state index in [0.717, 1.165) is 0 Å². The molecule has 0 fully saturated rings. The topological polar surface area (TPSA) is 53.3 Å². The van der Waals surface area contributed by atoms with Crippen LogP contribution in [0, 0.1) is 0 Å². The molecule has 0 aliphatic heterocycles. The molecule has 102 valence electrons. The van der Waals surface area contributed by atoms with Crippen molar-refractivity contribution in [2.24, 2.45) is 7.05 Å². The Morgan fingerprint density at radius 2 is 2.17 bits per heavy atom. The van der Waals surface area contributed by atoms with Crippen molar-refractivity contribution in [1.82, 2.24) is 9.78 Å². The Morgan fingerprint density at radius 1 is 1.50 bits per heavy atom. The van der Waals surface area contributed by atoms with Crippen LogP contribution in [0.25, 0.3) is 0 Å². The van der Waals surface area contributed by atoms with E-state index in [9.17, 15) is 18.0 Å². The number of ether oxygens (including phenoxy) is 2. The second-order valence-corrected chi connectivity index (χ2v) is 3.46. The number of carbonyl (C=O) groups excluding carboxylic acids is 1. The van der Waals surface area contributed by atoms with Crippen molar-refractivity contribution < 1.29 is 27.4 Å². The minimum absolute atomic E-state index is 0.113. The molecule has 0 bridgehead atoms. The molecule has 18 heavy (non-hydrogen) atoms. The number of rotatable bonds is 5. The lowest BCUT2D eigenvalue weighted by atomic mass is 10.2. The molecule has 0 spiro atoms. The monoisotopic (exact) mass is 266 g/mol. The fourth-order valence-electron chi connectivity index (χ4n) is 1.28. The summed E-state index contributed by atoms with van der Waals surface area (Å²) in [7, 11) is 1.51. The van der Waals surface area contributed by atoms with Crippen molar-refractivity contribution in [3.8, 4) is 0 Å². The van der Waals surface area contributed by atoms with Gasteiger partial charge in [0.2, 0.25) is 0 Å². The third-order valence-corrected chi connectivity index (χ3v) is 2.06. The molecule has 0 aliphatic carbocycles. The third kappa shape index (κ3) is 4.02. The molecule has 0 aliphatic rings. The highest BCUT2D eigenvalue weighted by molar-refractivity contribution is 5.90. The maximum absolute atomic E-state index is 11.9. The Labute approximate surface area is 101 Å². The maximum Gasteiger partial charge on any atom is 0.411 e. The van der Waals surface area contributed by atoms with E-state index in [1.54, 1.807) is 6.92 Å². The van der Waals surface area contributed by atoms with Gasteiger partial charge in [0.15, 0.2) is 0 Å². The van der Waals surface area contributed by atoms with Gasteiger partial charge in [-0.1, -0.05) is 0 Å². The zero-order valence-corrected chi connectivity index (χ0v) is 9.95. The summed E-state index contributed by atoms with van der Waals surface area (Å²) in [6, 6.07) is 0. The molecule has 1 aromatic heterocycles. The number of hydrogen-bond acceptors (Lipinski definition) is 4. The lowest BCUT2D eigenvalue weighted by Crippen LogP contribution is -2.18. The van der Waals surface area contributed by atoms with Gasteiger partial charge in [0.05, 0.1) is 25.1 Å². The predicted octanol–water partition coefficient (Wildman–Crippen LogP) is 1.68. The van der Waals surface area contributed by atoms with Gasteiger partial charge in [-0.05, 0) is 6.92 Å². The summed E-state index contributed by atoms with van der Waals surface area (Å²) in [6.45, 7) is 0.0786. The van der Waals surface area contributed by atoms with E-state index in [4.69, 9.17) is 4.74 Å². The van der Waals surface area contributed by atoms with Crippen molar-refractivity contribution >= 4 is 5.97 Å². The summed E-state index contributed by atoms with van der Waals surface area (Å²) in [6.07, 6.45) is -3.16. The van der Waals surface area contributed by atoms with E-state index < -0.39 is 18.8 Å². The second-order valence-electron chi connectivity index (χ2n) is 3.46. The quantitative estimate of drug-likeness (QED) is 0.761. The highest BCUT2D eigenvalue weighted by Crippen LogP contribution is 2.17. The fourth-order valence-corrected chi connectivity index (χ4v) is 1.28. The Hall–Kier alpha value is -1.57. The summed E-state index contributed by atoms with van der Waals surface area (Å²) < 4.78 is 46.3. The summed E-state index contributed by atoms with van der Waals surface area (Å²) in [4.78, 5) is 11.5. The van der Waals surface area contributed by atoms with Crippen LogP contribution in [0.2, 0.25) is 0 Å². The van der Waals surface area contributed by atoms with E-state index in [-0.39, 0.29) is 24.5 Å². The summed E-state index contributed by atoms with van der Waals surface area (Å²) in [5.41, 5.74) is 0.360. The molecule has 0 atom stereocenters. The van der Waals surface area contributed by atoms with Gasteiger partial charge in [0.25, 0.3) is 0 Å². The zero-order valence-electron chi connectivity index (χ0n) is 9.95. The lowest BCUT2D eigenvalue weighted by molar-refractivity contribution is -0.177. The van der Waals surface area contributed by atoms with Crippen molar-refractivity contribution in [1.29, 1.82) is 0 Å². The normalized spacial score (nSPS) is 11.6. The smallest absolute Gasteiger partial charge is 0.411 e. The third-order valence-electron chi connectivity index (χ3n) is 2.06. The van der Waals surface area contributed by atoms with Crippen LogP contribution < -0.4 is 0 Å². The molecular formula is C10H13F3N2O3. The zero-order chi connectivity index (χ0) is 13.8. The molecular weight excluding hydrogens is 253 g/mol. The fraction of sp³-hybridized carbons (Fsp3) is 0.600. The number of carbonyl (C=O) groups is 1. The van der Waals surface area contributed by atoms with Crippen molar-refractivity contribution in [2.45, 2.75) is 19.7 Å². The number of hydrogen-bond donors (Lipinski definition) is 0. The Balaban J connectivity index is 2.70. The number of alkyl halides is 3. The molecule has 8 heteroatoms. The number of halogens is 3. The molecule has 0 saturated heterocycles. The van der Waals surface area contributed by atoms with E-state index in [1.165, 1.54) is 17.9 Å². The van der Waals surface area contributed by atoms with Gasteiger partial charge >= 0.3 is 12.1 Å². The van der Waals surface area contributed by atoms with Crippen LogP contribution in [0.3, 0.4) is 0 Å². The van der Waals surface area contributed by atoms with Gasteiger partial charge in [-0.2, -0.15) is 18.3 Å². The minimum atomic E-state index is -4.40. The molecule has 1 aromatic rings. The first-order valence-electron chi connectivity index (χ1n) is 5.17. The Kier molecular flexibility index (Phi) is 4.71. The summed E-state index contributed by atoms with van der Waals surface area (Å²) in [5, 5.41) is 3.79. The van der Waals surface area contributed by atoms with Gasteiger partial charge in [-0.3, -0.25) is 4.68 Å². The molecule has 0 radical (unpaired) electrons. The molecule has 0 amide bonds. The molecule has 5 nitrogen and oxygen atoms in total. The molecule has 0 N–H and O–H groups in total. The van der Waals surface area contributed by atoms with E-state index in [0.29, 0.717) is 0 Å². The second kappa shape index (κ2) is 5.85. The average molecular weight is 266 g/mol. The van der Waals surface area contributed by atoms with Crippen molar-refractivity contribution in [2.75, 3.05) is 13.2 Å². The Morgan fingerprint density at radius 3 is 2.72 bits per heavy atom. The lowest BCUT2D eigenvalue weighted by Gasteiger charge is -2.09. The van der Waals surface area contributed by atoms with Gasteiger partial charge in [-0.25, -0.2) is 4.79 Å². The van der Waals surface area contributed by atoms with E-state index in [2.05, 4.69) is 9.84 Å². The van der Waals surface area contributed by atoms with Crippen LogP contribution >= 0.6 is 0 Å². The van der Waals surface area contributed by atoms with Crippen LogP contribution in [0.1, 0.15) is 23.0 Å². The number of esters is 1. The molecule has 0 saturated carbocycles. The summed E-state index contributed by atoms with van der Waals surface area (Å²) in [5.74, 6) is -0.629. The highest BCUT2D eigenvalue weighted by atomic mass is 19.4. The van der Waals surface area contributed by atoms with Crippen LogP contribution in [-0.4, -0.2) is 35.1 Å². The molecule has 0 aromatic carbocycles. The van der Waals surface area contributed by atoms with Crippen LogP contribution in [0.4, 0.5) is 13.2 Å². The van der Waals surface area contributed by atoms with Gasteiger partial charge in [0.1, 0.15) is 12.2 Å². The SMILES string of the molecule is CCOC(=O)c1cnn(C)c1COCC(F)(F)F.